The lowest BCUT2D eigenvalue weighted by Crippen LogP contribution is -2.52. The van der Waals surface area contributed by atoms with Crippen molar-refractivity contribution < 1.29 is 33.6 Å². The van der Waals surface area contributed by atoms with Crippen LogP contribution in [0.3, 0.4) is 0 Å². The fourth-order valence-electron chi connectivity index (χ4n) is 6.87. The molecule has 3 aliphatic rings. The quantitative estimate of drug-likeness (QED) is 0.236. The highest BCUT2D eigenvalue weighted by molar-refractivity contribution is 5.98. The molecule has 8 nitrogen and oxygen atoms in total. The van der Waals surface area contributed by atoms with Crippen LogP contribution < -0.4 is 9.64 Å². The van der Waals surface area contributed by atoms with Crippen LogP contribution in [0.1, 0.15) is 40.3 Å². The highest BCUT2D eigenvalue weighted by atomic mass is 16.7. The number of hydrogen-bond acceptors (Lipinski definition) is 6. The molecule has 2 heterocycles. The molecule has 1 spiro atoms. The van der Waals surface area contributed by atoms with Gasteiger partial charge in [-0.15, -0.1) is 0 Å². The molecule has 3 atom stereocenters. The number of methoxy groups -OCH3 is 1. The molecule has 2 aliphatic heterocycles. The van der Waals surface area contributed by atoms with Crippen LogP contribution in [0.4, 0.5) is 10.5 Å². The van der Waals surface area contributed by atoms with Crippen molar-refractivity contribution in [1.82, 2.24) is 0 Å². The number of ether oxygens (including phenoxy) is 4. The second kappa shape index (κ2) is 10.5. The van der Waals surface area contributed by atoms with Gasteiger partial charge in [-0.25, -0.2) is 9.59 Å². The van der Waals surface area contributed by atoms with Crippen LogP contribution in [0.25, 0.3) is 11.1 Å². The lowest BCUT2D eigenvalue weighted by Gasteiger charge is -2.38. The first-order chi connectivity index (χ1) is 21.2. The molecule has 1 aliphatic carbocycles. The molecule has 7 rings (SSSR count). The van der Waals surface area contributed by atoms with E-state index in [4.69, 9.17) is 18.9 Å². The Labute approximate surface area is 255 Å². The number of carboxylic acid groups (broad SMARTS) is 1. The van der Waals surface area contributed by atoms with Gasteiger partial charge in [-0.05, 0) is 66.4 Å². The summed E-state index contributed by atoms with van der Waals surface area (Å²) in [6, 6.07) is 24.1. The molecule has 1 N–H and O–H groups in total. The van der Waals surface area contributed by atoms with E-state index in [1.807, 2.05) is 80.6 Å². The number of benzene rings is 4. The van der Waals surface area contributed by atoms with Gasteiger partial charge < -0.3 is 24.1 Å². The van der Waals surface area contributed by atoms with Crippen molar-refractivity contribution in [2.24, 2.45) is 5.92 Å². The smallest absolute Gasteiger partial charge is 0.414 e. The monoisotopic (exact) mass is 591 g/mol. The number of anilines is 1. The highest BCUT2D eigenvalue weighted by Gasteiger charge is 2.54. The number of aryl methyl sites for hydroxylation is 2. The van der Waals surface area contributed by atoms with Crippen LogP contribution in [0.5, 0.6) is 11.5 Å². The number of carbonyl (C=O) groups excluding carboxylic acids is 1. The minimum Gasteiger partial charge on any atom is -0.480 e. The average Bonchev–Trinajstić information content (AvgIpc) is 3.63. The Morgan fingerprint density at radius 2 is 1.59 bits per heavy atom. The number of hydrogen-bond donors (Lipinski definition) is 1. The zero-order valence-corrected chi connectivity index (χ0v) is 25.0. The van der Waals surface area contributed by atoms with Crippen molar-refractivity contribution in [1.29, 1.82) is 0 Å². The number of carbonyl (C=O) groups is 2. The fraction of sp³-hybridized carbons (Fsp3) is 0.278. The SMILES string of the molecule is COC(=O)N(c1cccc2c1Cc1ccccc1-2)[C@H](C(=O)O)[C@@H](C)[C@@H]1COC2(O1)c1cc(C)ccc1Oc1ccc(C)cc12. The largest absolute Gasteiger partial charge is 0.480 e. The van der Waals surface area contributed by atoms with Gasteiger partial charge in [0.2, 0.25) is 5.79 Å². The van der Waals surface area contributed by atoms with E-state index in [1.165, 1.54) is 12.0 Å². The Hall–Kier alpha value is -4.66. The van der Waals surface area contributed by atoms with Gasteiger partial charge in [0, 0.05) is 12.3 Å². The van der Waals surface area contributed by atoms with E-state index in [1.54, 1.807) is 13.0 Å². The number of aliphatic carboxylic acids is 1. The third-order valence-corrected chi connectivity index (χ3v) is 9.04. The maximum absolute atomic E-state index is 13.5. The van der Waals surface area contributed by atoms with E-state index in [-0.39, 0.29) is 6.61 Å². The van der Waals surface area contributed by atoms with Crippen molar-refractivity contribution in [2.75, 3.05) is 18.6 Å². The third-order valence-electron chi connectivity index (χ3n) is 9.04. The van der Waals surface area contributed by atoms with E-state index in [0.717, 1.165) is 44.5 Å². The fourth-order valence-corrected chi connectivity index (χ4v) is 6.87. The second-order valence-electron chi connectivity index (χ2n) is 11.8. The van der Waals surface area contributed by atoms with Gasteiger partial charge in [-0.2, -0.15) is 0 Å². The highest BCUT2D eigenvalue weighted by Crippen LogP contribution is 2.54. The molecule has 224 valence electrons. The first-order valence-electron chi connectivity index (χ1n) is 14.7. The van der Waals surface area contributed by atoms with Crippen LogP contribution in [0.2, 0.25) is 0 Å². The maximum atomic E-state index is 13.5. The molecule has 8 heteroatoms. The standard InChI is InChI=1S/C36H33NO7/c1-20-12-14-30-27(16-20)36(28-17-21(2)13-15-31(28)43-30)42-19-32(44-36)22(3)33(34(38)39)37(35(40)41-4)29-11-7-10-25-24-9-6-5-8-23(24)18-26(25)29/h5-17,22,32-33H,18-19H2,1-4H3,(H,38,39)/t22-,32-,33-/m0/s1. The molecule has 1 amide bonds. The van der Waals surface area contributed by atoms with Crippen molar-refractivity contribution >= 4 is 17.7 Å². The summed E-state index contributed by atoms with van der Waals surface area (Å²) < 4.78 is 24.9. The van der Waals surface area contributed by atoms with Gasteiger partial charge in [0.1, 0.15) is 17.5 Å². The number of rotatable bonds is 5. The Morgan fingerprint density at radius 3 is 2.25 bits per heavy atom. The second-order valence-corrected chi connectivity index (χ2v) is 11.8. The summed E-state index contributed by atoms with van der Waals surface area (Å²) in [5.74, 6) is -1.93. The average molecular weight is 592 g/mol. The summed E-state index contributed by atoms with van der Waals surface area (Å²) in [7, 11) is 1.27. The van der Waals surface area contributed by atoms with Crippen LogP contribution in [-0.4, -0.2) is 43.0 Å². The summed E-state index contributed by atoms with van der Waals surface area (Å²) in [6.45, 7) is 5.87. The van der Waals surface area contributed by atoms with Gasteiger partial charge in [0.25, 0.3) is 0 Å². The van der Waals surface area contributed by atoms with E-state index >= 15 is 0 Å². The topological polar surface area (TPSA) is 94.5 Å². The summed E-state index contributed by atoms with van der Waals surface area (Å²) in [5.41, 5.74) is 8.02. The summed E-state index contributed by atoms with van der Waals surface area (Å²) in [4.78, 5) is 27.9. The number of fused-ring (bicyclic) bond motifs is 7. The predicted octanol–water partition coefficient (Wildman–Crippen LogP) is 6.96. The molecule has 1 fully saturated rings. The minimum atomic E-state index is -1.31. The van der Waals surface area contributed by atoms with Crippen LogP contribution in [-0.2, 0) is 31.2 Å². The van der Waals surface area contributed by atoms with E-state index in [9.17, 15) is 14.7 Å². The normalized spacial score (nSPS) is 18.3. The summed E-state index contributed by atoms with van der Waals surface area (Å²) in [6.07, 6.45) is -0.860. The van der Waals surface area contributed by atoms with Gasteiger partial charge in [0.05, 0.1) is 36.6 Å². The van der Waals surface area contributed by atoms with Gasteiger partial charge in [-0.3, -0.25) is 4.90 Å². The van der Waals surface area contributed by atoms with Gasteiger partial charge in [0.15, 0.2) is 0 Å². The molecule has 4 aromatic carbocycles. The van der Waals surface area contributed by atoms with E-state index < -0.39 is 35.9 Å². The molecule has 44 heavy (non-hydrogen) atoms. The Morgan fingerprint density at radius 1 is 0.932 bits per heavy atom. The predicted molar refractivity (Wildman–Crippen MR) is 164 cm³/mol. The molecule has 1 saturated heterocycles. The maximum Gasteiger partial charge on any atom is 0.414 e. The number of carboxylic acids is 1. The first kappa shape index (κ1) is 28.1. The zero-order chi connectivity index (χ0) is 30.7. The molecule has 0 saturated carbocycles. The van der Waals surface area contributed by atoms with Crippen molar-refractivity contribution in [3.05, 3.63) is 112 Å². The van der Waals surface area contributed by atoms with E-state index in [0.29, 0.717) is 23.6 Å². The Bertz CT molecular complexity index is 1760. The zero-order valence-electron chi connectivity index (χ0n) is 25.0. The van der Waals surface area contributed by atoms with E-state index in [2.05, 4.69) is 6.07 Å². The van der Waals surface area contributed by atoms with Crippen molar-refractivity contribution in [2.45, 2.75) is 45.1 Å². The summed E-state index contributed by atoms with van der Waals surface area (Å²) >= 11 is 0. The molecular formula is C36H33NO7. The van der Waals surface area contributed by atoms with Crippen LogP contribution in [0.15, 0.2) is 78.9 Å². The van der Waals surface area contributed by atoms with Gasteiger partial charge in [-0.1, -0.05) is 66.6 Å². The molecule has 0 radical (unpaired) electrons. The van der Waals surface area contributed by atoms with Crippen LogP contribution >= 0.6 is 0 Å². The number of nitrogens with zero attached hydrogens (tertiary/aromatic N) is 1. The lowest BCUT2D eigenvalue weighted by atomic mass is 9.90. The Kier molecular flexibility index (Phi) is 6.72. The molecule has 0 aromatic heterocycles. The lowest BCUT2D eigenvalue weighted by molar-refractivity contribution is -0.157. The molecule has 0 unspecified atom stereocenters. The number of amides is 1. The minimum absolute atomic E-state index is 0.110. The molecule has 4 aromatic rings. The Balaban J connectivity index is 1.29. The van der Waals surface area contributed by atoms with Gasteiger partial charge >= 0.3 is 12.1 Å². The molecular weight excluding hydrogens is 558 g/mol. The molecule has 0 bridgehead atoms. The first-order valence-corrected chi connectivity index (χ1v) is 14.7. The van der Waals surface area contributed by atoms with Crippen molar-refractivity contribution in [3.63, 3.8) is 0 Å². The van der Waals surface area contributed by atoms with Crippen molar-refractivity contribution in [3.8, 4) is 22.6 Å². The summed E-state index contributed by atoms with van der Waals surface area (Å²) in [5, 5.41) is 10.7. The van der Waals surface area contributed by atoms with Crippen LogP contribution in [0, 0.1) is 19.8 Å². The third kappa shape index (κ3) is 4.28.